The van der Waals surface area contributed by atoms with E-state index in [2.05, 4.69) is 15.6 Å². The predicted molar refractivity (Wildman–Crippen MR) is 106 cm³/mol. The van der Waals surface area contributed by atoms with Crippen molar-refractivity contribution < 1.29 is 14.3 Å². The van der Waals surface area contributed by atoms with Gasteiger partial charge < -0.3 is 20.1 Å². The SMILES string of the molecule is CCOc1ccc(Nc2ccc(C(=O)Nc3ccc(OC)cc3)cn2)cc1. The average Bonchev–Trinajstić information content (AvgIpc) is 2.71. The number of carbonyl (C=O) groups excluding carboxylic acids is 1. The fourth-order valence-corrected chi connectivity index (χ4v) is 2.43. The lowest BCUT2D eigenvalue weighted by atomic mass is 10.2. The molecule has 0 unspecified atom stereocenters. The van der Waals surface area contributed by atoms with E-state index in [-0.39, 0.29) is 5.91 Å². The van der Waals surface area contributed by atoms with Crippen molar-refractivity contribution in [2.45, 2.75) is 6.92 Å². The van der Waals surface area contributed by atoms with E-state index in [0.29, 0.717) is 23.7 Å². The Hall–Kier alpha value is -3.54. The van der Waals surface area contributed by atoms with E-state index >= 15 is 0 Å². The van der Waals surface area contributed by atoms with Crippen molar-refractivity contribution in [1.29, 1.82) is 0 Å². The number of aromatic nitrogens is 1. The topological polar surface area (TPSA) is 72.5 Å². The molecule has 6 heteroatoms. The highest BCUT2D eigenvalue weighted by atomic mass is 16.5. The fraction of sp³-hybridized carbons (Fsp3) is 0.143. The molecule has 0 saturated carbocycles. The number of amides is 1. The van der Waals surface area contributed by atoms with Gasteiger partial charge in [-0.3, -0.25) is 4.79 Å². The second-order valence-corrected chi connectivity index (χ2v) is 5.70. The lowest BCUT2D eigenvalue weighted by molar-refractivity contribution is 0.102. The molecule has 0 atom stereocenters. The van der Waals surface area contributed by atoms with Crippen LogP contribution < -0.4 is 20.1 Å². The van der Waals surface area contributed by atoms with Crippen molar-refractivity contribution in [1.82, 2.24) is 4.98 Å². The normalized spacial score (nSPS) is 10.1. The van der Waals surface area contributed by atoms with Crippen LogP contribution in [0.25, 0.3) is 0 Å². The number of carbonyl (C=O) groups is 1. The van der Waals surface area contributed by atoms with Gasteiger partial charge in [0.05, 0.1) is 19.3 Å². The van der Waals surface area contributed by atoms with Gasteiger partial charge in [-0.25, -0.2) is 4.98 Å². The molecule has 0 fully saturated rings. The standard InChI is InChI=1S/C21H21N3O3/c1-3-27-19-11-7-16(8-12-19)23-20-13-4-15(14-22-20)21(25)24-17-5-9-18(26-2)10-6-17/h4-14H,3H2,1-2H3,(H,22,23)(H,24,25). The molecule has 1 amide bonds. The van der Waals surface area contributed by atoms with Gasteiger partial charge in [-0.1, -0.05) is 0 Å². The number of hydrogen-bond donors (Lipinski definition) is 2. The van der Waals surface area contributed by atoms with Gasteiger partial charge in [0.15, 0.2) is 0 Å². The molecule has 27 heavy (non-hydrogen) atoms. The molecular formula is C21H21N3O3. The molecule has 2 N–H and O–H groups in total. The van der Waals surface area contributed by atoms with Crippen LogP contribution in [0, 0.1) is 0 Å². The van der Waals surface area contributed by atoms with E-state index in [1.807, 2.05) is 31.2 Å². The van der Waals surface area contributed by atoms with Gasteiger partial charge in [0.1, 0.15) is 17.3 Å². The number of nitrogens with zero attached hydrogens (tertiary/aromatic N) is 1. The number of nitrogens with one attached hydrogen (secondary N) is 2. The monoisotopic (exact) mass is 363 g/mol. The zero-order valence-corrected chi connectivity index (χ0v) is 15.2. The van der Waals surface area contributed by atoms with Crippen LogP contribution in [0.15, 0.2) is 66.9 Å². The van der Waals surface area contributed by atoms with Crippen LogP contribution in [0.2, 0.25) is 0 Å². The summed E-state index contributed by atoms with van der Waals surface area (Å²) in [5, 5.41) is 6.02. The summed E-state index contributed by atoms with van der Waals surface area (Å²) in [6.45, 7) is 2.58. The summed E-state index contributed by atoms with van der Waals surface area (Å²) >= 11 is 0. The molecule has 0 aliphatic rings. The van der Waals surface area contributed by atoms with E-state index in [1.165, 1.54) is 6.20 Å². The average molecular weight is 363 g/mol. The predicted octanol–water partition coefficient (Wildman–Crippen LogP) is 4.48. The van der Waals surface area contributed by atoms with E-state index in [1.54, 1.807) is 43.5 Å². The van der Waals surface area contributed by atoms with Gasteiger partial charge in [-0.15, -0.1) is 0 Å². The summed E-state index contributed by atoms with van der Waals surface area (Å²) in [7, 11) is 1.60. The summed E-state index contributed by atoms with van der Waals surface area (Å²) in [6, 6.07) is 18.2. The molecule has 0 aliphatic carbocycles. The minimum Gasteiger partial charge on any atom is -0.497 e. The van der Waals surface area contributed by atoms with Crippen molar-refractivity contribution in [3.63, 3.8) is 0 Å². The van der Waals surface area contributed by atoms with Crippen molar-refractivity contribution in [2.75, 3.05) is 24.4 Å². The summed E-state index contributed by atoms with van der Waals surface area (Å²) in [5.74, 6) is 1.99. The van der Waals surface area contributed by atoms with Gasteiger partial charge >= 0.3 is 0 Å². The number of pyridine rings is 1. The lowest BCUT2D eigenvalue weighted by Gasteiger charge is -2.09. The van der Waals surface area contributed by atoms with Gasteiger partial charge in [0.2, 0.25) is 0 Å². The first kappa shape index (κ1) is 18.3. The maximum Gasteiger partial charge on any atom is 0.257 e. The van der Waals surface area contributed by atoms with E-state index in [9.17, 15) is 4.79 Å². The Balaban J connectivity index is 1.61. The Kier molecular flexibility index (Phi) is 5.89. The number of benzene rings is 2. The van der Waals surface area contributed by atoms with Crippen molar-refractivity contribution in [3.8, 4) is 11.5 Å². The smallest absolute Gasteiger partial charge is 0.257 e. The van der Waals surface area contributed by atoms with Gasteiger partial charge in [0, 0.05) is 17.6 Å². The minimum atomic E-state index is -0.222. The molecule has 3 rings (SSSR count). The lowest BCUT2D eigenvalue weighted by Crippen LogP contribution is -2.12. The molecule has 0 spiro atoms. The third-order valence-electron chi connectivity index (χ3n) is 3.81. The van der Waals surface area contributed by atoms with Crippen molar-refractivity contribution in [2.24, 2.45) is 0 Å². The number of methoxy groups -OCH3 is 1. The maximum atomic E-state index is 12.3. The molecule has 0 bridgehead atoms. The van der Waals surface area contributed by atoms with Crippen LogP contribution >= 0.6 is 0 Å². The highest BCUT2D eigenvalue weighted by Gasteiger charge is 2.07. The Bertz CT molecular complexity index is 876. The van der Waals surface area contributed by atoms with E-state index in [0.717, 1.165) is 17.2 Å². The van der Waals surface area contributed by atoms with Crippen molar-refractivity contribution in [3.05, 3.63) is 72.4 Å². The number of ether oxygens (including phenoxy) is 2. The van der Waals surface area contributed by atoms with Crippen LogP contribution in [0.3, 0.4) is 0 Å². The number of rotatable bonds is 7. The zero-order valence-electron chi connectivity index (χ0n) is 15.2. The molecule has 0 radical (unpaired) electrons. The highest BCUT2D eigenvalue weighted by molar-refractivity contribution is 6.04. The first-order valence-electron chi connectivity index (χ1n) is 8.59. The number of hydrogen-bond acceptors (Lipinski definition) is 5. The second-order valence-electron chi connectivity index (χ2n) is 5.70. The Labute approximate surface area is 158 Å². The van der Waals surface area contributed by atoms with Crippen LogP contribution in [0.5, 0.6) is 11.5 Å². The minimum absolute atomic E-state index is 0.222. The Morgan fingerprint density at radius 2 is 1.59 bits per heavy atom. The van der Waals surface area contributed by atoms with Crippen molar-refractivity contribution >= 4 is 23.1 Å². The maximum absolute atomic E-state index is 12.3. The summed E-state index contributed by atoms with van der Waals surface area (Å²) in [5.41, 5.74) is 2.06. The molecule has 0 aliphatic heterocycles. The van der Waals surface area contributed by atoms with Gasteiger partial charge in [0.25, 0.3) is 5.91 Å². The summed E-state index contributed by atoms with van der Waals surface area (Å²) in [4.78, 5) is 16.6. The molecule has 6 nitrogen and oxygen atoms in total. The van der Waals surface area contributed by atoms with Crippen LogP contribution in [-0.4, -0.2) is 24.6 Å². The third-order valence-corrected chi connectivity index (χ3v) is 3.81. The zero-order chi connectivity index (χ0) is 19.1. The summed E-state index contributed by atoms with van der Waals surface area (Å²) < 4.78 is 10.5. The molecule has 2 aromatic carbocycles. The first-order chi connectivity index (χ1) is 13.2. The highest BCUT2D eigenvalue weighted by Crippen LogP contribution is 2.20. The third kappa shape index (κ3) is 4.98. The van der Waals surface area contributed by atoms with Gasteiger partial charge in [-0.05, 0) is 67.6 Å². The molecule has 0 saturated heterocycles. The van der Waals surface area contributed by atoms with Crippen LogP contribution in [0.1, 0.15) is 17.3 Å². The second kappa shape index (κ2) is 8.71. The van der Waals surface area contributed by atoms with E-state index in [4.69, 9.17) is 9.47 Å². The van der Waals surface area contributed by atoms with Crippen LogP contribution in [0.4, 0.5) is 17.2 Å². The van der Waals surface area contributed by atoms with Gasteiger partial charge in [-0.2, -0.15) is 0 Å². The van der Waals surface area contributed by atoms with Crippen LogP contribution in [-0.2, 0) is 0 Å². The molecule has 1 heterocycles. The van der Waals surface area contributed by atoms with E-state index < -0.39 is 0 Å². The quantitative estimate of drug-likeness (QED) is 0.647. The summed E-state index contributed by atoms with van der Waals surface area (Å²) in [6.07, 6.45) is 1.54. The largest absolute Gasteiger partial charge is 0.497 e. The first-order valence-corrected chi connectivity index (χ1v) is 8.59. The molecule has 138 valence electrons. The Morgan fingerprint density at radius 3 is 2.19 bits per heavy atom. The molecule has 3 aromatic rings. The molecule has 1 aromatic heterocycles. The Morgan fingerprint density at radius 1 is 0.926 bits per heavy atom. The number of anilines is 3. The fourth-order valence-electron chi connectivity index (χ4n) is 2.43. The molecular weight excluding hydrogens is 342 g/mol.